The normalized spacial score (nSPS) is 10.6. The molecule has 1 N–H and O–H groups in total. The number of carbonyl (C=O) groups excluding carboxylic acids is 2. The van der Waals surface area contributed by atoms with Crippen molar-refractivity contribution in [1.82, 2.24) is 0 Å². The number of amides is 1. The zero-order chi connectivity index (χ0) is 13.4. The molecule has 6 nitrogen and oxygen atoms in total. The number of anilines is 1. The maximum atomic E-state index is 11.6. The number of nitrogens with zero attached hydrogens (tertiary/aromatic N) is 2. The third kappa shape index (κ3) is 3.95. The van der Waals surface area contributed by atoms with Crippen LogP contribution in [0.15, 0.2) is 30.3 Å². The van der Waals surface area contributed by atoms with E-state index in [1.54, 1.807) is 42.5 Å². The number of hydrogen-bond donors (Lipinski definition) is 1. The summed E-state index contributed by atoms with van der Waals surface area (Å²) in [5.41, 5.74) is 0.485. The smallest absolute Gasteiger partial charge is 0.322 e. The molecule has 1 unspecified atom stereocenters. The quantitative estimate of drug-likeness (QED) is 0.793. The zero-order valence-corrected chi connectivity index (χ0v) is 9.29. The van der Waals surface area contributed by atoms with Crippen molar-refractivity contribution in [3.05, 3.63) is 30.3 Å². The Balaban J connectivity index is 2.62. The fourth-order valence-electron chi connectivity index (χ4n) is 1.11. The van der Waals surface area contributed by atoms with E-state index in [1.807, 2.05) is 0 Å². The van der Waals surface area contributed by atoms with Crippen LogP contribution in [0, 0.1) is 22.7 Å². The number of hydrogen-bond acceptors (Lipinski definition) is 5. The summed E-state index contributed by atoms with van der Waals surface area (Å²) in [6.07, 6.45) is -2.07. The third-order valence-electron chi connectivity index (χ3n) is 1.87. The molecule has 0 radical (unpaired) electrons. The van der Waals surface area contributed by atoms with Crippen LogP contribution in [0.2, 0.25) is 0 Å². The van der Waals surface area contributed by atoms with E-state index in [9.17, 15) is 9.59 Å². The van der Waals surface area contributed by atoms with E-state index in [1.165, 1.54) is 0 Å². The zero-order valence-electron chi connectivity index (χ0n) is 9.29. The fourth-order valence-corrected chi connectivity index (χ4v) is 1.11. The molecule has 0 saturated carbocycles. The molecule has 0 aliphatic rings. The summed E-state index contributed by atoms with van der Waals surface area (Å²) in [4.78, 5) is 22.6. The van der Waals surface area contributed by atoms with E-state index in [0.717, 1.165) is 0 Å². The molecule has 0 bridgehead atoms. The summed E-state index contributed by atoms with van der Waals surface area (Å²) in [5, 5.41) is 19.4. The molecule has 1 amide bonds. The maximum Gasteiger partial charge on any atom is 0.322 e. The summed E-state index contributed by atoms with van der Waals surface area (Å²) < 4.78 is 4.54. The molecule has 0 saturated heterocycles. The summed E-state index contributed by atoms with van der Waals surface area (Å²) in [6, 6.07) is 11.6. The highest BCUT2D eigenvalue weighted by Gasteiger charge is 2.22. The molecule has 6 heteroatoms. The van der Waals surface area contributed by atoms with Crippen molar-refractivity contribution in [1.29, 1.82) is 10.5 Å². The van der Waals surface area contributed by atoms with E-state index in [4.69, 9.17) is 10.5 Å². The third-order valence-corrected chi connectivity index (χ3v) is 1.87. The Morgan fingerprint density at radius 3 is 2.50 bits per heavy atom. The van der Waals surface area contributed by atoms with Crippen LogP contribution >= 0.6 is 0 Å². The number of benzene rings is 1. The van der Waals surface area contributed by atoms with Gasteiger partial charge in [-0.1, -0.05) is 18.2 Å². The number of carbonyl (C=O) groups is 2. The average Bonchev–Trinajstić information content (AvgIpc) is 2.37. The standard InChI is InChI=1S/C12H9N3O3/c13-7-6-11(16)18-10(8-14)12(17)15-9-4-2-1-3-5-9/h1-5,10H,6H2,(H,15,17). The molecular weight excluding hydrogens is 234 g/mol. The minimum absolute atomic E-state index is 0.485. The van der Waals surface area contributed by atoms with E-state index in [0.29, 0.717) is 5.69 Å². The van der Waals surface area contributed by atoms with Crippen LogP contribution in [0.3, 0.4) is 0 Å². The fraction of sp³-hybridized carbons (Fsp3) is 0.167. The van der Waals surface area contributed by atoms with Gasteiger partial charge < -0.3 is 10.1 Å². The van der Waals surface area contributed by atoms with Gasteiger partial charge in [0.2, 0.25) is 0 Å². The van der Waals surface area contributed by atoms with Crippen molar-refractivity contribution in [2.75, 3.05) is 5.32 Å². The van der Waals surface area contributed by atoms with Crippen molar-refractivity contribution in [3.63, 3.8) is 0 Å². The Bertz CT molecular complexity index is 514. The SMILES string of the molecule is N#CCC(=O)OC(C#N)C(=O)Nc1ccccc1. The molecule has 90 valence electrons. The Kier molecular flexibility index (Phi) is 4.89. The molecule has 1 aromatic rings. The number of nitriles is 2. The van der Waals surface area contributed by atoms with E-state index >= 15 is 0 Å². The highest BCUT2D eigenvalue weighted by molar-refractivity contribution is 5.97. The lowest BCUT2D eigenvalue weighted by Crippen LogP contribution is -2.31. The Labute approximate surface area is 103 Å². The second-order valence-electron chi connectivity index (χ2n) is 3.19. The van der Waals surface area contributed by atoms with Crippen LogP contribution in [0.4, 0.5) is 5.69 Å². The van der Waals surface area contributed by atoms with Gasteiger partial charge in [0.1, 0.15) is 12.5 Å². The van der Waals surface area contributed by atoms with Gasteiger partial charge in [-0.25, -0.2) is 0 Å². The molecule has 1 rings (SSSR count). The highest BCUT2D eigenvalue weighted by atomic mass is 16.5. The number of nitrogens with one attached hydrogen (secondary N) is 1. The number of para-hydroxylation sites is 1. The number of rotatable bonds is 4. The molecule has 18 heavy (non-hydrogen) atoms. The summed E-state index contributed by atoms with van der Waals surface area (Å²) in [5.74, 6) is -1.66. The molecule has 0 fully saturated rings. The maximum absolute atomic E-state index is 11.6. The number of esters is 1. The van der Waals surface area contributed by atoms with E-state index in [2.05, 4.69) is 10.1 Å². The second-order valence-corrected chi connectivity index (χ2v) is 3.19. The molecule has 0 aromatic heterocycles. The minimum atomic E-state index is -1.56. The van der Waals surface area contributed by atoms with Crippen molar-refractivity contribution >= 4 is 17.6 Å². The predicted octanol–water partition coefficient (Wildman–Crippen LogP) is 0.974. The second kappa shape index (κ2) is 6.66. The first-order chi connectivity index (χ1) is 8.67. The minimum Gasteiger partial charge on any atom is -0.436 e. The molecule has 0 spiro atoms. The van der Waals surface area contributed by atoms with Crippen LogP contribution in [0.25, 0.3) is 0 Å². The van der Waals surface area contributed by atoms with Crippen LogP contribution in [0.5, 0.6) is 0 Å². The lowest BCUT2D eigenvalue weighted by Gasteiger charge is -2.10. The van der Waals surface area contributed by atoms with Gasteiger partial charge in [-0.05, 0) is 12.1 Å². The first kappa shape index (κ1) is 13.2. The monoisotopic (exact) mass is 243 g/mol. The van der Waals surface area contributed by atoms with Crippen LogP contribution in [0.1, 0.15) is 6.42 Å². The largest absolute Gasteiger partial charge is 0.436 e. The Hall–Kier alpha value is -2.86. The van der Waals surface area contributed by atoms with Gasteiger partial charge >= 0.3 is 5.97 Å². The first-order valence-corrected chi connectivity index (χ1v) is 4.99. The van der Waals surface area contributed by atoms with Gasteiger partial charge in [0.15, 0.2) is 0 Å². The first-order valence-electron chi connectivity index (χ1n) is 4.99. The topological polar surface area (TPSA) is 103 Å². The van der Waals surface area contributed by atoms with Crippen molar-refractivity contribution < 1.29 is 14.3 Å². The van der Waals surface area contributed by atoms with Crippen LogP contribution in [-0.4, -0.2) is 18.0 Å². The lowest BCUT2D eigenvalue weighted by molar-refractivity contribution is -0.150. The molecule has 0 heterocycles. The van der Waals surface area contributed by atoms with E-state index < -0.39 is 24.4 Å². The van der Waals surface area contributed by atoms with Crippen LogP contribution < -0.4 is 5.32 Å². The van der Waals surface area contributed by atoms with Gasteiger partial charge in [0, 0.05) is 5.69 Å². The van der Waals surface area contributed by atoms with Crippen molar-refractivity contribution in [2.24, 2.45) is 0 Å². The van der Waals surface area contributed by atoms with Gasteiger partial charge in [0.25, 0.3) is 12.0 Å². The van der Waals surface area contributed by atoms with Gasteiger partial charge in [-0.2, -0.15) is 10.5 Å². The van der Waals surface area contributed by atoms with Gasteiger partial charge in [-0.3, -0.25) is 9.59 Å². The lowest BCUT2D eigenvalue weighted by atomic mass is 10.3. The van der Waals surface area contributed by atoms with Gasteiger partial charge in [0.05, 0.1) is 6.07 Å². The molecular formula is C12H9N3O3. The van der Waals surface area contributed by atoms with Crippen LogP contribution in [-0.2, 0) is 14.3 Å². The molecule has 0 aliphatic carbocycles. The summed E-state index contributed by atoms with van der Waals surface area (Å²) >= 11 is 0. The number of ether oxygens (including phenoxy) is 1. The summed E-state index contributed by atoms with van der Waals surface area (Å²) in [7, 11) is 0. The van der Waals surface area contributed by atoms with Gasteiger partial charge in [-0.15, -0.1) is 0 Å². The van der Waals surface area contributed by atoms with E-state index in [-0.39, 0.29) is 0 Å². The Morgan fingerprint density at radius 1 is 1.28 bits per heavy atom. The highest BCUT2D eigenvalue weighted by Crippen LogP contribution is 2.06. The molecule has 1 aromatic carbocycles. The predicted molar refractivity (Wildman–Crippen MR) is 60.8 cm³/mol. The molecule has 1 atom stereocenters. The summed E-state index contributed by atoms with van der Waals surface area (Å²) in [6.45, 7) is 0. The molecule has 0 aliphatic heterocycles. The van der Waals surface area contributed by atoms with Crippen molar-refractivity contribution in [2.45, 2.75) is 12.5 Å². The average molecular weight is 243 g/mol. The van der Waals surface area contributed by atoms with Crippen molar-refractivity contribution in [3.8, 4) is 12.1 Å². The Morgan fingerprint density at radius 2 is 1.94 bits per heavy atom.